The first-order valence-electron chi connectivity index (χ1n) is 7.94. The van der Waals surface area contributed by atoms with Crippen molar-refractivity contribution < 1.29 is 9.72 Å². The van der Waals surface area contributed by atoms with E-state index in [9.17, 15) is 14.9 Å². The van der Waals surface area contributed by atoms with E-state index in [1.165, 1.54) is 11.3 Å². The third kappa shape index (κ3) is 5.33. The van der Waals surface area contributed by atoms with Crippen LogP contribution in [-0.4, -0.2) is 40.3 Å². The molecule has 0 spiro atoms. The SMILES string of the molecule is Cc1ccc(-c2csc(CN(C)CC(=O)NC(C)C)n2)cc1[N+](=O)[O-]. The highest BCUT2D eigenvalue weighted by molar-refractivity contribution is 7.09. The summed E-state index contributed by atoms with van der Waals surface area (Å²) < 4.78 is 0. The Morgan fingerprint density at radius 1 is 1.44 bits per heavy atom. The summed E-state index contributed by atoms with van der Waals surface area (Å²) in [4.78, 5) is 28.9. The Kier molecular flexibility index (Phi) is 6.22. The van der Waals surface area contributed by atoms with Gasteiger partial charge in [-0.25, -0.2) is 4.98 Å². The average molecular weight is 362 g/mol. The number of hydrogen-bond acceptors (Lipinski definition) is 6. The molecule has 2 rings (SSSR count). The van der Waals surface area contributed by atoms with Gasteiger partial charge in [0.1, 0.15) is 5.01 Å². The van der Waals surface area contributed by atoms with E-state index in [-0.39, 0.29) is 22.6 Å². The molecule has 134 valence electrons. The van der Waals surface area contributed by atoms with Crippen LogP contribution in [0.5, 0.6) is 0 Å². The first kappa shape index (κ1) is 19.0. The van der Waals surface area contributed by atoms with Crippen LogP contribution >= 0.6 is 11.3 Å². The normalized spacial score (nSPS) is 11.1. The van der Waals surface area contributed by atoms with Crippen LogP contribution in [0.25, 0.3) is 11.3 Å². The Morgan fingerprint density at radius 2 is 2.16 bits per heavy atom. The number of nitrogens with zero attached hydrogens (tertiary/aromatic N) is 3. The maximum atomic E-state index is 11.8. The lowest BCUT2D eigenvalue weighted by atomic mass is 10.1. The molecule has 1 aromatic carbocycles. The first-order valence-corrected chi connectivity index (χ1v) is 8.82. The number of carbonyl (C=O) groups is 1. The molecule has 0 aliphatic carbocycles. The molecule has 0 unspecified atom stereocenters. The molecule has 0 fully saturated rings. The van der Waals surface area contributed by atoms with E-state index >= 15 is 0 Å². The number of hydrogen-bond donors (Lipinski definition) is 1. The molecule has 8 heteroatoms. The van der Waals surface area contributed by atoms with Crippen molar-refractivity contribution in [3.63, 3.8) is 0 Å². The Morgan fingerprint density at radius 3 is 2.80 bits per heavy atom. The fourth-order valence-corrected chi connectivity index (χ4v) is 3.26. The fourth-order valence-electron chi connectivity index (χ4n) is 2.38. The zero-order valence-electron chi connectivity index (χ0n) is 14.8. The second-order valence-corrected chi connectivity index (χ2v) is 7.22. The monoisotopic (exact) mass is 362 g/mol. The van der Waals surface area contributed by atoms with Crippen LogP contribution in [0.2, 0.25) is 0 Å². The third-order valence-electron chi connectivity index (χ3n) is 3.52. The van der Waals surface area contributed by atoms with E-state index in [1.54, 1.807) is 19.1 Å². The lowest BCUT2D eigenvalue weighted by molar-refractivity contribution is -0.385. The van der Waals surface area contributed by atoms with Gasteiger partial charge >= 0.3 is 0 Å². The summed E-state index contributed by atoms with van der Waals surface area (Å²) in [5, 5.41) is 16.7. The molecule has 0 aliphatic heterocycles. The number of nitro benzene ring substituents is 1. The number of aryl methyl sites for hydroxylation is 1. The second-order valence-electron chi connectivity index (χ2n) is 6.28. The lowest BCUT2D eigenvalue weighted by Gasteiger charge is -2.16. The number of nitrogens with one attached hydrogen (secondary N) is 1. The molecule has 25 heavy (non-hydrogen) atoms. The minimum atomic E-state index is -0.382. The third-order valence-corrected chi connectivity index (χ3v) is 4.36. The molecule has 2 aromatic rings. The van der Waals surface area contributed by atoms with E-state index in [2.05, 4.69) is 10.3 Å². The summed E-state index contributed by atoms with van der Waals surface area (Å²) in [5.74, 6) is -0.0246. The fraction of sp³-hybridized carbons (Fsp3) is 0.412. The molecule has 0 radical (unpaired) electrons. The molecule has 0 saturated heterocycles. The highest BCUT2D eigenvalue weighted by Crippen LogP contribution is 2.28. The van der Waals surface area contributed by atoms with Gasteiger partial charge in [0.2, 0.25) is 5.91 Å². The first-order chi connectivity index (χ1) is 11.8. The van der Waals surface area contributed by atoms with Crippen LogP contribution in [0.1, 0.15) is 24.4 Å². The molecule has 0 saturated carbocycles. The Balaban J connectivity index is 2.06. The predicted octanol–water partition coefficient (Wildman–Crippen LogP) is 2.98. The van der Waals surface area contributed by atoms with Crippen molar-refractivity contribution in [1.29, 1.82) is 0 Å². The number of likely N-dealkylation sites (N-methyl/N-ethyl adjacent to an activating group) is 1. The average Bonchev–Trinajstić information content (AvgIpc) is 2.94. The maximum Gasteiger partial charge on any atom is 0.272 e. The number of amides is 1. The summed E-state index contributed by atoms with van der Waals surface area (Å²) >= 11 is 1.48. The number of nitro groups is 1. The number of carbonyl (C=O) groups excluding carboxylic acids is 1. The van der Waals surface area contributed by atoms with Crippen molar-refractivity contribution in [3.8, 4) is 11.3 Å². The van der Waals surface area contributed by atoms with Crippen molar-refractivity contribution in [3.05, 3.63) is 44.3 Å². The maximum absolute atomic E-state index is 11.8. The molecule has 1 aromatic heterocycles. The number of aromatic nitrogens is 1. The minimum Gasteiger partial charge on any atom is -0.353 e. The summed E-state index contributed by atoms with van der Waals surface area (Å²) in [6, 6.07) is 5.23. The van der Waals surface area contributed by atoms with E-state index in [0.717, 1.165) is 10.6 Å². The van der Waals surface area contributed by atoms with E-state index in [0.29, 0.717) is 24.3 Å². The Hall–Kier alpha value is -2.32. The molecule has 1 amide bonds. The highest BCUT2D eigenvalue weighted by Gasteiger charge is 2.15. The van der Waals surface area contributed by atoms with Crippen molar-refractivity contribution in [2.24, 2.45) is 0 Å². The Labute approximate surface area is 150 Å². The van der Waals surface area contributed by atoms with Gasteiger partial charge in [0.25, 0.3) is 5.69 Å². The minimum absolute atomic E-state index is 0.0246. The summed E-state index contributed by atoms with van der Waals surface area (Å²) in [5.41, 5.74) is 2.15. The highest BCUT2D eigenvalue weighted by atomic mass is 32.1. The van der Waals surface area contributed by atoms with Gasteiger partial charge in [-0.1, -0.05) is 12.1 Å². The summed E-state index contributed by atoms with van der Waals surface area (Å²) in [6.45, 7) is 6.40. The molecule has 7 nitrogen and oxygen atoms in total. The van der Waals surface area contributed by atoms with Crippen molar-refractivity contribution in [1.82, 2.24) is 15.2 Å². The smallest absolute Gasteiger partial charge is 0.272 e. The number of rotatable bonds is 7. The van der Waals surface area contributed by atoms with Gasteiger partial charge in [-0.05, 0) is 27.8 Å². The molecule has 0 atom stereocenters. The van der Waals surface area contributed by atoms with Crippen LogP contribution in [0.3, 0.4) is 0 Å². The van der Waals surface area contributed by atoms with Gasteiger partial charge in [0.15, 0.2) is 0 Å². The molecular weight excluding hydrogens is 340 g/mol. The topological polar surface area (TPSA) is 88.4 Å². The van der Waals surface area contributed by atoms with Crippen LogP contribution < -0.4 is 5.32 Å². The standard InChI is InChI=1S/C17H22N4O3S/c1-11(2)18-16(22)8-20(4)9-17-19-14(10-25-17)13-6-5-12(3)15(7-13)21(23)24/h5-7,10-11H,8-9H2,1-4H3,(H,18,22). The lowest BCUT2D eigenvalue weighted by Crippen LogP contribution is -2.38. The predicted molar refractivity (Wildman–Crippen MR) is 98.6 cm³/mol. The van der Waals surface area contributed by atoms with E-state index in [4.69, 9.17) is 0 Å². The summed E-state index contributed by atoms with van der Waals surface area (Å²) in [7, 11) is 1.86. The van der Waals surface area contributed by atoms with Gasteiger partial charge in [-0.2, -0.15) is 0 Å². The molecule has 1 N–H and O–H groups in total. The van der Waals surface area contributed by atoms with Gasteiger partial charge in [-0.3, -0.25) is 19.8 Å². The van der Waals surface area contributed by atoms with E-state index < -0.39 is 0 Å². The van der Waals surface area contributed by atoms with Gasteiger partial charge in [0, 0.05) is 28.6 Å². The van der Waals surface area contributed by atoms with Gasteiger partial charge in [-0.15, -0.1) is 11.3 Å². The molecule has 1 heterocycles. The van der Waals surface area contributed by atoms with Crippen LogP contribution in [-0.2, 0) is 11.3 Å². The second kappa shape index (κ2) is 8.17. The largest absolute Gasteiger partial charge is 0.353 e. The number of thiazole rings is 1. The zero-order valence-corrected chi connectivity index (χ0v) is 15.6. The zero-order chi connectivity index (χ0) is 18.6. The molecule has 0 bridgehead atoms. The van der Waals surface area contributed by atoms with Crippen LogP contribution in [0.15, 0.2) is 23.6 Å². The Bertz CT molecular complexity index is 773. The van der Waals surface area contributed by atoms with Crippen molar-refractivity contribution in [2.75, 3.05) is 13.6 Å². The van der Waals surface area contributed by atoms with Gasteiger partial charge < -0.3 is 5.32 Å². The van der Waals surface area contributed by atoms with Crippen molar-refractivity contribution in [2.45, 2.75) is 33.4 Å². The van der Waals surface area contributed by atoms with Crippen LogP contribution in [0, 0.1) is 17.0 Å². The molecular formula is C17H22N4O3S. The summed E-state index contributed by atoms with van der Waals surface area (Å²) in [6.07, 6.45) is 0. The van der Waals surface area contributed by atoms with E-state index in [1.807, 2.05) is 37.2 Å². The molecule has 0 aliphatic rings. The quantitative estimate of drug-likeness (QED) is 0.604. The van der Waals surface area contributed by atoms with Crippen LogP contribution in [0.4, 0.5) is 5.69 Å². The number of benzene rings is 1. The van der Waals surface area contributed by atoms with Crippen molar-refractivity contribution >= 4 is 22.9 Å². The van der Waals surface area contributed by atoms with Gasteiger partial charge in [0.05, 0.1) is 23.7 Å².